The summed E-state index contributed by atoms with van der Waals surface area (Å²) < 4.78 is 55.1. The zero-order valence-electron chi connectivity index (χ0n) is 58.8. The Kier molecular flexibility index (Phi) is 33.7. The van der Waals surface area contributed by atoms with Gasteiger partial charge in [0.15, 0.2) is 6.73 Å². The van der Waals surface area contributed by atoms with Crippen LogP contribution in [-0.4, -0.2) is 102 Å². The molecule has 0 aromatic heterocycles. The fraction of sp³-hybridized carbons (Fsp3) is 0.247. The first-order valence-corrected chi connectivity index (χ1v) is 33.0. The Morgan fingerprint density at radius 2 is 0.636 bits per heavy atom. The first-order chi connectivity index (χ1) is 47.8. The van der Waals surface area contributed by atoms with Crippen molar-refractivity contribution in [3.8, 4) is 57.5 Å². The molecule has 0 spiro atoms. The van der Waals surface area contributed by atoms with E-state index in [9.17, 15) is 4.79 Å². The fourth-order valence-corrected chi connectivity index (χ4v) is 9.11. The van der Waals surface area contributed by atoms with Gasteiger partial charge in [-0.15, -0.1) is 0 Å². The van der Waals surface area contributed by atoms with E-state index < -0.39 is 5.41 Å². The SMILES string of the molecule is CCOCN(C)c1ccc(Oc2ccccc2)cc1.CCOCN(C)c1cccc(Oc2ccc(Cl)cc2Cl)c1.CN(COC(=O)C(C)(C)C)c1cccc(Oc2ccccc2)c1.COCN(C)c1ccc(Oc2ccccc2)cc1.COCN(C)c1cccc(Oc2ccccc2)c1. The van der Waals surface area contributed by atoms with E-state index in [0.717, 1.165) is 81.0 Å². The van der Waals surface area contributed by atoms with E-state index in [1.54, 1.807) is 32.4 Å². The van der Waals surface area contributed by atoms with E-state index in [-0.39, 0.29) is 12.7 Å². The highest BCUT2D eigenvalue weighted by Gasteiger charge is 2.23. The summed E-state index contributed by atoms with van der Waals surface area (Å²) in [5, 5.41) is 1.06. The molecule has 99 heavy (non-hydrogen) atoms. The quantitative estimate of drug-likeness (QED) is 0.0358. The van der Waals surface area contributed by atoms with E-state index in [0.29, 0.717) is 55.1 Å². The van der Waals surface area contributed by atoms with Crippen LogP contribution in [0.25, 0.3) is 0 Å². The van der Waals surface area contributed by atoms with Crippen LogP contribution in [0.5, 0.6) is 57.5 Å². The molecule has 522 valence electrons. The van der Waals surface area contributed by atoms with Gasteiger partial charge in [0.05, 0.1) is 10.4 Å². The molecule has 16 nitrogen and oxygen atoms in total. The lowest BCUT2D eigenvalue weighted by Crippen LogP contribution is -2.29. The number of hydrogen-bond donors (Lipinski definition) is 0. The Labute approximate surface area is 595 Å². The predicted octanol–water partition coefficient (Wildman–Crippen LogP) is 20.6. The number of hydrogen-bond acceptors (Lipinski definition) is 16. The molecule has 0 aliphatic rings. The van der Waals surface area contributed by atoms with Crippen molar-refractivity contribution in [2.75, 3.05) is 121 Å². The first kappa shape index (κ1) is 78.1. The fourth-order valence-electron chi connectivity index (χ4n) is 8.66. The van der Waals surface area contributed by atoms with Crippen LogP contribution in [0.3, 0.4) is 0 Å². The monoisotopic (exact) mass is 1380 g/mol. The molecule has 0 radical (unpaired) electrons. The molecule has 0 saturated carbocycles. The van der Waals surface area contributed by atoms with Gasteiger partial charge in [0.25, 0.3) is 0 Å². The van der Waals surface area contributed by atoms with Crippen LogP contribution < -0.4 is 48.2 Å². The Hall–Kier alpha value is -9.91. The number of benzene rings is 10. The second kappa shape index (κ2) is 42.7. The Balaban J connectivity index is 0.000000196. The van der Waals surface area contributed by atoms with Crippen molar-refractivity contribution in [1.29, 1.82) is 0 Å². The predicted molar refractivity (Wildman–Crippen MR) is 404 cm³/mol. The standard InChI is InChI=1S/C19H23NO3.C16H17Cl2NO2.C16H19NO2.2C15H17NO2/c1-19(2,3)18(21)22-14-20(4)15-9-8-12-17(13-15)23-16-10-6-5-7-11-16;1-3-20-11-19(2)13-5-4-6-14(10-13)21-16-8-7-12(17)9-15(16)18;1-3-18-13-17(2)14-9-11-16(12-10-14)19-15-7-5-4-6-8-15;1-16(12-17-2)13-7-6-10-15(11-13)18-14-8-4-3-5-9-14;1-16(12-17-2)13-8-10-15(11-9-13)18-14-6-4-3-5-7-14/h5-13H,14H2,1-4H3;4-10H,3,11H2,1-2H3;4-12H,3,13H2,1-2H3;2*3-11H,12H2,1-2H3. The second-order valence-corrected chi connectivity index (χ2v) is 24.0. The van der Waals surface area contributed by atoms with Gasteiger partial charge in [0.2, 0.25) is 0 Å². The number of ether oxygens (including phenoxy) is 10. The number of anilines is 5. The highest BCUT2D eigenvalue weighted by Crippen LogP contribution is 2.34. The molecule has 0 aliphatic carbocycles. The van der Waals surface area contributed by atoms with Gasteiger partial charge < -0.3 is 71.9 Å². The number of rotatable bonds is 27. The summed E-state index contributed by atoms with van der Waals surface area (Å²) in [7, 11) is 13.2. The van der Waals surface area contributed by atoms with Gasteiger partial charge >= 0.3 is 5.97 Å². The van der Waals surface area contributed by atoms with Crippen LogP contribution in [0.2, 0.25) is 10.0 Å². The van der Waals surface area contributed by atoms with Gasteiger partial charge in [-0.2, -0.15) is 0 Å². The van der Waals surface area contributed by atoms with Crippen LogP contribution >= 0.6 is 23.2 Å². The van der Waals surface area contributed by atoms with E-state index >= 15 is 0 Å². The Morgan fingerprint density at radius 1 is 0.333 bits per heavy atom. The largest absolute Gasteiger partial charge is 0.457 e. The molecule has 0 heterocycles. The summed E-state index contributed by atoms with van der Waals surface area (Å²) in [4.78, 5) is 21.8. The number of halogens is 2. The number of esters is 1. The minimum atomic E-state index is -0.501. The minimum absolute atomic E-state index is 0.199. The maximum atomic E-state index is 11.8. The van der Waals surface area contributed by atoms with Gasteiger partial charge in [0.1, 0.15) is 84.4 Å². The van der Waals surface area contributed by atoms with Crippen molar-refractivity contribution in [1.82, 2.24) is 0 Å². The summed E-state index contributed by atoms with van der Waals surface area (Å²) in [5.41, 5.74) is 4.68. The van der Waals surface area contributed by atoms with Crippen LogP contribution in [0.15, 0.2) is 261 Å². The molecule has 18 heteroatoms. The number of para-hydroxylation sites is 4. The van der Waals surface area contributed by atoms with Crippen molar-refractivity contribution in [3.63, 3.8) is 0 Å². The smallest absolute Gasteiger partial charge is 0.312 e. The molecule has 10 rings (SSSR count). The van der Waals surface area contributed by atoms with Gasteiger partial charge in [0, 0.05) is 114 Å². The lowest BCUT2D eigenvalue weighted by atomic mass is 9.98. The third-order valence-electron chi connectivity index (χ3n) is 14.0. The Bertz CT molecular complexity index is 3860. The number of nitrogens with zero attached hydrogens (tertiary/aromatic N) is 5. The lowest BCUT2D eigenvalue weighted by Gasteiger charge is -2.23. The van der Waals surface area contributed by atoms with E-state index in [1.165, 1.54) is 0 Å². The topological polar surface area (TPSA) is 126 Å². The van der Waals surface area contributed by atoms with E-state index in [4.69, 9.17) is 70.6 Å². The average molecular weight is 1380 g/mol. The van der Waals surface area contributed by atoms with Crippen molar-refractivity contribution in [2.45, 2.75) is 34.6 Å². The van der Waals surface area contributed by atoms with Crippen LogP contribution in [0.4, 0.5) is 28.4 Å². The molecular weight excluding hydrogens is 1290 g/mol. The van der Waals surface area contributed by atoms with E-state index in [2.05, 4.69) is 4.90 Å². The second-order valence-electron chi connectivity index (χ2n) is 23.2. The maximum absolute atomic E-state index is 11.8. The number of carbonyl (C=O) groups is 1. The van der Waals surface area contributed by atoms with Gasteiger partial charge in [-0.1, -0.05) is 114 Å². The highest BCUT2D eigenvalue weighted by molar-refractivity contribution is 6.35. The van der Waals surface area contributed by atoms with Gasteiger partial charge in [-0.25, -0.2) is 0 Å². The molecule has 0 amide bonds. The molecule has 0 bridgehead atoms. The van der Waals surface area contributed by atoms with Crippen molar-refractivity contribution < 1.29 is 52.2 Å². The molecular formula is C81H93Cl2N5O11. The first-order valence-electron chi connectivity index (χ1n) is 32.3. The zero-order chi connectivity index (χ0) is 71.2. The molecule has 0 fully saturated rings. The zero-order valence-corrected chi connectivity index (χ0v) is 60.3. The normalized spacial score (nSPS) is 10.4. The van der Waals surface area contributed by atoms with Crippen LogP contribution in [-0.2, 0) is 28.5 Å². The lowest BCUT2D eigenvalue weighted by molar-refractivity contribution is -0.152. The van der Waals surface area contributed by atoms with E-state index in [1.807, 2.05) is 332 Å². The molecule has 10 aromatic carbocycles. The summed E-state index contributed by atoms with van der Waals surface area (Å²) in [5.74, 6) is 7.59. The maximum Gasteiger partial charge on any atom is 0.312 e. The van der Waals surface area contributed by atoms with Crippen LogP contribution in [0, 0.1) is 5.41 Å². The molecule has 10 aromatic rings. The number of methoxy groups -OCH3 is 2. The van der Waals surface area contributed by atoms with Crippen molar-refractivity contribution in [2.24, 2.45) is 5.41 Å². The van der Waals surface area contributed by atoms with Crippen LogP contribution in [0.1, 0.15) is 34.6 Å². The molecule has 0 unspecified atom stereocenters. The third-order valence-corrected chi connectivity index (χ3v) is 14.5. The van der Waals surface area contributed by atoms with Gasteiger partial charge in [-0.05, 0) is 186 Å². The molecule has 0 atom stereocenters. The van der Waals surface area contributed by atoms with Crippen molar-refractivity contribution >= 4 is 57.6 Å². The Morgan fingerprint density at radius 3 is 0.980 bits per heavy atom. The third kappa shape index (κ3) is 29.0. The highest BCUT2D eigenvalue weighted by atomic mass is 35.5. The number of carbonyl (C=O) groups excluding carboxylic acids is 1. The summed E-state index contributed by atoms with van der Waals surface area (Å²) in [6.07, 6.45) is 0. The van der Waals surface area contributed by atoms with Crippen molar-refractivity contribution in [3.05, 3.63) is 271 Å². The summed E-state index contributed by atoms with van der Waals surface area (Å²) in [6, 6.07) is 83.3. The van der Waals surface area contributed by atoms with Gasteiger partial charge in [-0.3, -0.25) is 4.79 Å². The summed E-state index contributed by atoms with van der Waals surface area (Å²) >= 11 is 12.0. The minimum Gasteiger partial charge on any atom is -0.457 e. The molecule has 0 saturated heterocycles. The molecule has 0 N–H and O–H groups in total. The summed E-state index contributed by atoms with van der Waals surface area (Å²) in [6.45, 7) is 13.3. The average Bonchev–Trinajstić information content (AvgIpc) is 0.950. The molecule has 0 aliphatic heterocycles.